The summed E-state index contributed by atoms with van der Waals surface area (Å²) in [5.74, 6) is -9.41. The molecule has 0 bridgehead atoms. The van der Waals surface area contributed by atoms with Gasteiger partial charge in [0.15, 0.2) is 17.1 Å². The van der Waals surface area contributed by atoms with Gasteiger partial charge in [0.25, 0.3) is 5.91 Å². The highest BCUT2D eigenvalue weighted by molar-refractivity contribution is 6.22. The number of Topliss-reactive ketones (excluding diaryl/α,β-unsaturated/α-hetero) is 2. The van der Waals surface area contributed by atoms with Gasteiger partial charge in [-0.15, -0.1) is 0 Å². The van der Waals surface area contributed by atoms with E-state index in [1.165, 1.54) is 0 Å². The van der Waals surface area contributed by atoms with Crippen molar-refractivity contribution in [2.45, 2.75) is 38.7 Å². The van der Waals surface area contributed by atoms with E-state index >= 15 is 4.39 Å². The third kappa shape index (κ3) is 3.96. The van der Waals surface area contributed by atoms with E-state index in [0.29, 0.717) is 13.1 Å². The monoisotopic (exact) mass is 517 g/mol. The van der Waals surface area contributed by atoms with Crippen LogP contribution in [-0.4, -0.2) is 73.9 Å². The molecule has 0 saturated heterocycles. The molecule has 3 atom stereocenters. The third-order valence-corrected chi connectivity index (χ3v) is 7.54. The number of fused-ring (bicyclic) bond motifs is 3. The standard InChI is InChI=1S/C25H28FN3O8/c1-3-29(4-2)9-16(31)28-14-8-13(26)12-6-10-5-11-7-15(30)19(24(27)36)23(35)25(11,37)22(34)17(10)21(33)18(12)20(14)32/h8,10-11,32-33,35,37H,3-7,9H2,1-2H3,(H2,27,36)(H,28,31)/t10?,11-,25-/m0/s1. The number of carbonyl (C=O) groups is 4. The van der Waals surface area contributed by atoms with Crippen molar-refractivity contribution in [2.24, 2.45) is 17.6 Å². The lowest BCUT2D eigenvalue weighted by Crippen LogP contribution is -2.58. The van der Waals surface area contributed by atoms with Crippen LogP contribution >= 0.6 is 0 Å². The molecule has 1 aromatic carbocycles. The van der Waals surface area contributed by atoms with Crippen LogP contribution in [0.4, 0.5) is 10.1 Å². The first-order valence-electron chi connectivity index (χ1n) is 11.9. The predicted molar refractivity (Wildman–Crippen MR) is 128 cm³/mol. The van der Waals surface area contributed by atoms with Gasteiger partial charge in [-0.3, -0.25) is 24.1 Å². The fourth-order valence-corrected chi connectivity index (χ4v) is 5.58. The Balaban J connectivity index is 1.80. The van der Waals surface area contributed by atoms with Gasteiger partial charge in [-0.1, -0.05) is 13.8 Å². The summed E-state index contributed by atoms with van der Waals surface area (Å²) in [6, 6.07) is 0.922. The Kier molecular flexibility index (Phi) is 6.59. The first-order chi connectivity index (χ1) is 17.4. The zero-order valence-electron chi connectivity index (χ0n) is 20.3. The molecule has 1 unspecified atom stereocenters. The number of phenolic OH excluding ortho intramolecular Hbond substituents is 1. The van der Waals surface area contributed by atoms with Gasteiger partial charge < -0.3 is 31.5 Å². The summed E-state index contributed by atoms with van der Waals surface area (Å²) in [6.45, 7) is 4.85. The predicted octanol–water partition coefficient (Wildman–Crippen LogP) is 0.843. The van der Waals surface area contributed by atoms with E-state index in [0.717, 1.165) is 6.07 Å². The number of anilines is 1. The number of halogens is 1. The van der Waals surface area contributed by atoms with Gasteiger partial charge in [0.2, 0.25) is 11.7 Å². The molecular weight excluding hydrogens is 489 g/mol. The Hall–Kier alpha value is -3.77. The van der Waals surface area contributed by atoms with Gasteiger partial charge in [-0.2, -0.15) is 0 Å². The van der Waals surface area contributed by atoms with Crippen LogP contribution in [0.25, 0.3) is 5.76 Å². The molecule has 1 saturated carbocycles. The van der Waals surface area contributed by atoms with Gasteiger partial charge in [-0.05, 0) is 31.8 Å². The average Bonchev–Trinajstić information content (AvgIpc) is 2.82. The average molecular weight is 518 g/mol. The summed E-state index contributed by atoms with van der Waals surface area (Å²) in [5, 5.41) is 46.2. The van der Waals surface area contributed by atoms with Crippen LogP contribution < -0.4 is 11.1 Å². The molecule has 4 rings (SSSR count). The number of phenols is 1. The number of hydrogen-bond donors (Lipinski definition) is 6. The van der Waals surface area contributed by atoms with Gasteiger partial charge in [0.05, 0.1) is 17.8 Å². The molecule has 12 heteroatoms. The highest BCUT2D eigenvalue weighted by Gasteiger charge is 2.60. The molecule has 37 heavy (non-hydrogen) atoms. The maximum absolute atomic E-state index is 15.2. The molecule has 7 N–H and O–H groups in total. The Morgan fingerprint density at radius 3 is 2.43 bits per heavy atom. The van der Waals surface area contributed by atoms with Crippen LogP contribution in [0, 0.1) is 17.7 Å². The first kappa shape index (κ1) is 26.3. The van der Waals surface area contributed by atoms with Gasteiger partial charge in [-0.25, -0.2) is 4.39 Å². The van der Waals surface area contributed by atoms with Crippen molar-refractivity contribution in [3.8, 4) is 5.75 Å². The number of nitrogens with two attached hydrogens (primary N) is 1. The SMILES string of the molecule is CCN(CC)CC(=O)Nc1cc(F)c2c(c1O)C(O)=C1C(=O)[C@]3(O)C(O)=C(C(N)=O)C(=O)C[C@@H]3CC1C2. The van der Waals surface area contributed by atoms with Crippen molar-refractivity contribution in [1.82, 2.24) is 4.90 Å². The molecule has 3 aliphatic carbocycles. The number of aliphatic hydroxyl groups is 3. The van der Waals surface area contributed by atoms with Crippen molar-refractivity contribution in [2.75, 3.05) is 25.0 Å². The summed E-state index contributed by atoms with van der Waals surface area (Å²) in [4.78, 5) is 51.8. The minimum atomic E-state index is -2.71. The highest BCUT2D eigenvalue weighted by atomic mass is 19.1. The van der Waals surface area contributed by atoms with E-state index in [2.05, 4.69) is 5.32 Å². The fourth-order valence-electron chi connectivity index (χ4n) is 5.58. The van der Waals surface area contributed by atoms with Gasteiger partial charge >= 0.3 is 0 Å². The number of nitrogens with zero attached hydrogens (tertiary/aromatic N) is 1. The maximum Gasteiger partial charge on any atom is 0.255 e. The number of benzene rings is 1. The van der Waals surface area contributed by atoms with E-state index in [9.17, 15) is 39.6 Å². The van der Waals surface area contributed by atoms with E-state index in [-0.39, 0.29) is 30.6 Å². The summed E-state index contributed by atoms with van der Waals surface area (Å²) >= 11 is 0. The number of amides is 2. The minimum absolute atomic E-state index is 0.0281. The summed E-state index contributed by atoms with van der Waals surface area (Å²) in [6.07, 6.45) is -0.736. The molecular formula is C25H28FN3O8. The van der Waals surface area contributed by atoms with Crippen LogP contribution in [0.3, 0.4) is 0 Å². The molecule has 3 aliphatic rings. The third-order valence-electron chi connectivity index (χ3n) is 7.54. The lowest BCUT2D eigenvalue weighted by Gasteiger charge is -2.46. The number of hydrogen-bond acceptors (Lipinski definition) is 9. The van der Waals surface area contributed by atoms with E-state index in [1.807, 2.05) is 13.8 Å². The topological polar surface area (TPSA) is 190 Å². The zero-order chi connectivity index (χ0) is 27.4. The van der Waals surface area contributed by atoms with Crippen molar-refractivity contribution in [3.63, 3.8) is 0 Å². The molecule has 0 aromatic heterocycles. The van der Waals surface area contributed by atoms with Crippen LogP contribution in [0.1, 0.15) is 37.8 Å². The van der Waals surface area contributed by atoms with E-state index in [1.54, 1.807) is 4.90 Å². The molecule has 0 radical (unpaired) electrons. The number of rotatable bonds is 6. The lowest BCUT2D eigenvalue weighted by molar-refractivity contribution is -0.147. The number of primary amides is 1. The lowest BCUT2D eigenvalue weighted by atomic mass is 9.59. The number of aliphatic hydroxyl groups excluding tert-OH is 2. The maximum atomic E-state index is 15.2. The minimum Gasteiger partial charge on any atom is -0.508 e. The summed E-state index contributed by atoms with van der Waals surface area (Å²) in [7, 11) is 0. The van der Waals surface area contributed by atoms with Crippen molar-refractivity contribution < 1.29 is 44.0 Å². The van der Waals surface area contributed by atoms with Crippen molar-refractivity contribution >= 4 is 34.8 Å². The molecule has 1 aromatic rings. The second-order valence-electron chi connectivity index (χ2n) is 9.52. The van der Waals surface area contributed by atoms with Gasteiger partial charge in [0, 0.05) is 29.5 Å². The molecule has 0 aliphatic heterocycles. The van der Waals surface area contributed by atoms with Crippen molar-refractivity contribution in [1.29, 1.82) is 0 Å². The zero-order valence-corrected chi connectivity index (χ0v) is 20.3. The molecule has 11 nitrogen and oxygen atoms in total. The van der Waals surface area contributed by atoms with E-state index in [4.69, 9.17) is 5.73 Å². The Morgan fingerprint density at radius 1 is 1.19 bits per heavy atom. The van der Waals surface area contributed by atoms with E-state index < -0.39 is 87.0 Å². The molecule has 1 fully saturated rings. The fraction of sp³-hybridized carbons (Fsp3) is 0.440. The smallest absolute Gasteiger partial charge is 0.255 e. The van der Waals surface area contributed by atoms with Gasteiger partial charge in [0.1, 0.15) is 22.9 Å². The summed E-state index contributed by atoms with van der Waals surface area (Å²) < 4.78 is 15.2. The van der Waals surface area contributed by atoms with Crippen molar-refractivity contribution in [3.05, 3.63) is 39.9 Å². The van der Waals surface area contributed by atoms with Crippen LogP contribution in [0.15, 0.2) is 23.0 Å². The number of carbonyl (C=O) groups excluding carboxylic acids is 4. The second-order valence-corrected chi connectivity index (χ2v) is 9.52. The second kappa shape index (κ2) is 9.27. The quantitative estimate of drug-likeness (QED) is 0.234. The normalized spacial score (nSPS) is 25.1. The highest BCUT2D eigenvalue weighted by Crippen LogP contribution is 2.53. The first-order valence-corrected chi connectivity index (χ1v) is 11.9. The van der Waals surface area contributed by atoms with Crippen LogP contribution in [0.2, 0.25) is 0 Å². The summed E-state index contributed by atoms with van der Waals surface area (Å²) in [5.41, 5.74) is 0.316. The number of aromatic hydroxyl groups is 1. The molecule has 2 amide bonds. The Morgan fingerprint density at radius 2 is 1.84 bits per heavy atom. The Labute approximate surface area is 211 Å². The number of likely N-dealkylation sites (N-methyl/N-ethyl adjacent to an activating group) is 1. The Bertz CT molecular complexity index is 1300. The van der Waals surface area contributed by atoms with Crippen LogP contribution in [-0.2, 0) is 25.6 Å². The molecule has 0 heterocycles. The van der Waals surface area contributed by atoms with Crippen LogP contribution in [0.5, 0.6) is 5.75 Å². The largest absolute Gasteiger partial charge is 0.508 e. The number of nitrogens with one attached hydrogen (secondary N) is 1. The molecule has 198 valence electrons. The number of ketones is 2. The molecule has 0 spiro atoms.